The van der Waals surface area contributed by atoms with E-state index in [1.54, 1.807) is 0 Å². The van der Waals surface area contributed by atoms with E-state index < -0.39 is 10.0 Å². The number of nitrogens with one attached hydrogen (secondary N) is 1. The Hall–Kier alpha value is -1.14. The predicted molar refractivity (Wildman–Crippen MR) is 80.4 cm³/mol. The first-order valence-electron chi connectivity index (χ1n) is 5.26. The van der Waals surface area contributed by atoms with Crippen molar-refractivity contribution >= 4 is 50.5 Å². The molecule has 0 aromatic heterocycles. The lowest BCUT2D eigenvalue weighted by Crippen LogP contribution is -2.13. The van der Waals surface area contributed by atoms with Gasteiger partial charge >= 0.3 is 0 Å². The number of phenols is 1. The van der Waals surface area contributed by atoms with Crippen LogP contribution in [0.15, 0.2) is 41.3 Å². The van der Waals surface area contributed by atoms with E-state index in [4.69, 9.17) is 39.9 Å². The van der Waals surface area contributed by atoms with E-state index in [0.717, 1.165) is 0 Å². The second kappa shape index (κ2) is 5.69. The van der Waals surface area contributed by atoms with Crippen LogP contribution < -0.4 is 4.72 Å². The van der Waals surface area contributed by atoms with Crippen LogP contribution in [0.25, 0.3) is 0 Å². The van der Waals surface area contributed by atoms with Crippen molar-refractivity contribution in [2.24, 2.45) is 0 Å². The molecule has 2 N–H and O–H groups in total. The number of hydrogen-bond donors (Lipinski definition) is 2. The predicted octanol–water partition coefficient (Wildman–Crippen LogP) is 4.15. The fraction of sp³-hybridized carbons (Fsp3) is 0. The molecular formula is C12H8Cl3NO3S. The molecule has 0 saturated carbocycles. The van der Waals surface area contributed by atoms with Gasteiger partial charge in [-0.25, -0.2) is 8.42 Å². The molecular weight excluding hydrogens is 345 g/mol. The third-order valence-electron chi connectivity index (χ3n) is 2.39. The Morgan fingerprint density at radius 3 is 1.95 bits per heavy atom. The Morgan fingerprint density at radius 2 is 1.45 bits per heavy atom. The largest absolute Gasteiger partial charge is 0.508 e. The lowest BCUT2D eigenvalue weighted by Gasteiger charge is -2.11. The Kier molecular flexibility index (Phi) is 4.34. The van der Waals surface area contributed by atoms with Crippen molar-refractivity contribution < 1.29 is 13.5 Å². The molecule has 2 aromatic carbocycles. The highest BCUT2D eigenvalue weighted by Crippen LogP contribution is 2.35. The first kappa shape index (κ1) is 15.3. The van der Waals surface area contributed by atoms with E-state index in [9.17, 15) is 8.42 Å². The third kappa shape index (κ3) is 3.30. The van der Waals surface area contributed by atoms with Crippen molar-refractivity contribution in [2.75, 3.05) is 4.72 Å². The molecule has 0 heterocycles. The van der Waals surface area contributed by atoms with Crippen LogP contribution in [0.3, 0.4) is 0 Å². The average Bonchev–Trinajstić information content (AvgIpc) is 2.34. The normalized spacial score (nSPS) is 11.3. The molecule has 4 nitrogen and oxygen atoms in total. The van der Waals surface area contributed by atoms with E-state index >= 15 is 0 Å². The lowest BCUT2D eigenvalue weighted by molar-refractivity contribution is 0.475. The van der Waals surface area contributed by atoms with Crippen LogP contribution >= 0.6 is 34.8 Å². The maximum Gasteiger partial charge on any atom is 0.261 e. The van der Waals surface area contributed by atoms with Gasteiger partial charge in [-0.05, 0) is 36.4 Å². The number of phenolic OH excluding ortho intramolecular Hbond substituents is 1. The molecule has 0 unspecified atom stereocenters. The fourth-order valence-corrected chi connectivity index (χ4v) is 3.58. The highest BCUT2D eigenvalue weighted by Gasteiger charge is 2.18. The summed E-state index contributed by atoms with van der Waals surface area (Å²) < 4.78 is 26.6. The van der Waals surface area contributed by atoms with Crippen LogP contribution in [0.1, 0.15) is 0 Å². The summed E-state index contributed by atoms with van der Waals surface area (Å²) >= 11 is 17.6. The fourth-order valence-electron chi connectivity index (χ4n) is 1.46. The summed E-state index contributed by atoms with van der Waals surface area (Å²) in [5.41, 5.74) is 0.0470. The number of sulfonamides is 1. The third-order valence-corrected chi connectivity index (χ3v) is 4.57. The van der Waals surface area contributed by atoms with E-state index in [0.29, 0.717) is 5.02 Å². The lowest BCUT2D eigenvalue weighted by atomic mass is 10.3. The highest BCUT2D eigenvalue weighted by atomic mass is 35.5. The van der Waals surface area contributed by atoms with E-state index in [-0.39, 0.29) is 26.4 Å². The summed E-state index contributed by atoms with van der Waals surface area (Å²) in [5, 5.41) is 9.63. The van der Waals surface area contributed by atoms with E-state index in [1.165, 1.54) is 36.4 Å². The number of benzene rings is 2. The van der Waals surface area contributed by atoms with Gasteiger partial charge in [0.2, 0.25) is 0 Å². The van der Waals surface area contributed by atoms with Crippen LogP contribution in [0.2, 0.25) is 15.1 Å². The van der Waals surface area contributed by atoms with Crippen molar-refractivity contribution in [3.63, 3.8) is 0 Å². The molecule has 0 atom stereocenters. The molecule has 0 aliphatic carbocycles. The monoisotopic (exact) mass is 351 g/mol. The minimum Gasteiger partial charge on any atom is -0.508 e. The topological polar surface area (TPSA) is 66.4 Å². The van der Waals surface area contributed by atoms with Gasteiger partial charge in [-0.15, -0.1) is 0 Å². The Bertz CT molecular complexity index is 722. The molecule has 2 rings (SSSR count). The Balaban J connectivity index is 2.41. The first-order valence-corrected chi connectivity index (χ1v) is 7.88. The molecule has 0 bridgehead atoms. The van der Waals surface area contributed by atoms with Gasteiger partial charge in [-0.2, -0.15) is 0 Å². The van der Waals surface area contributed by atoms with Crippen LogP contribution in [0, 0.1) is 0 Å². The van der Waals surface area contributed by atoms with Gasteiger partial charge < -0.3 is 5.11 Å². The van der Waals surface area contributed by atoms with Gasteiger partial charge in [0.1, 0.15) is 5.75 Å². The zero-order chi connectivity index (χ0) is 14.9. The molecule has 0 amide bonds. The molecule has 0 spiro atoms. The standard InChI is InChI=1S/C12H8Cl3NO3S/c13-7-5-10(14)12(11(15)6-7)16-20(18,19)9-3-1-8(17)2-4-9/h1-6,16-17H. The van der Waals surface area contributed by atoms with Crippen LogP contribution in [-0.4, -0.2) is 13.5 Å². The van der Waals surface area contributed by atoms with Gasteiger partial charge in [0.25, 0.3) is 10.0 Å². The number of aromatic hydroxyl groups is 1. The van der Waals surface area contributed by atoms with Gasteiger partial charge in [-0.1, -0.05) is 34.8 Å². The first-order chi connectivity index (χ1) is 9.29. The minimum atomic E-state index is -3.86. The second-order valence-corrected chi connectivity index (χ2v) is 6.78. The van der Waals surface area contributed by atoms with Gasteiger partial charge in [0.05, 0.1) is 20.6 Å². The van der Waals surface area contributed by atoms with Crippen molar-refractivity contribution in [1.82, 2.24) is 0 Å². The second-order valence-electron chi connectivity index (χ2n) is 3.84. The zero-order valence-corrected chi connectivity index (χ0v) is 12.9. The zero-order valence-electron chi connectivity index (χ0n) is 9.77. The number of anilines is 1. The number of rotatable bonds is 3. The van der Waals surface area contributed by atoms with Crippen molar-refractivity contribution in [2.45, 2.75) is 4.90 Å². The molecule has 2 aromatic rings. The summed E-state index contributed by atoms with van der Waals surface area (Å²) in [7, 11) is -3.86. The van der Waals surface area contributed by atoms with Gasteiger partial charge in [0, 0.05) is 5.02 Å². The average molecular weight is 353 g/mol. The van der Waals surface area contributed by atoms with E-state index in [1.807, 2.05) is 0 Å². The van der Waals surface area contributed by atoms with Gasteiger partial charge in [-0.3, -0.25) is 4.72 Å². The van der Waals surface area contributed by atoms with Crippen molar-refractivity contribution in [3.05, 3.63) is 51.5 Å². The quantitative estimate of drug-likeness (QED) is 0.872. The summed E-state index contributed by atoms with van der Waals surface area (Å²) in [6.45, 7) is 0. The van der Waals surface area contributed by atoms with Crippen LogP contribution in [-0.2, 0) is 10.0 Å². The maximum absolute atomic E-state index is 12.2. The smallest absolute Gasteiger partial charge is 0.261 e. The number of hydrogen-bond acceptors (Lipinski definition) is 3. The molecule has 8 heteroatoms. The van der Waals surface area contributed by atoms with Crippen LogP contribution in [0.5, 0.6) is 5.75 Å². The summed E-state index contributed by atoms with van der Waals surface area (Å²) in [6.07, 6.45) is 0. The SMILES string of the molecule is O=S(=O)(Nc1c(Cl)cc(Cl)cc1Cl)c1ccc(O)cc1. The molecule has 106 valence electrons. The van der Waals surface area contributed by atoms with Crippen molar-refractivity contribution in [3.8, 4) is 5.75 Å². The Morgan fingerprint density at radius 1 is 0.950 bits per heavy atom. The molecule has 0 saturated heterocycles. The summed E-state index contributed by atoms with van der Waals surface area (Å²) in [4.78, 5) is -0.0302. The highest BCUT2D eigenvalue weighted by molar-refractivity contribution is 7.92. The number of halogens is 3. The van der Waals surface area contributed by atoms with E-state index in [2.05, 4.69) is 4.72 Å². The summed E-state index contributed by atoms with van der Waals surface area (Å²) in [6, 6.07) is 7.80. The molecule has 0 aliphatic heterocycles. The van der Waals surface area contributed by atoms with Crippen LogP contribution in [0.4, 0.5) is 5.69 Å². The molecule has 0 radical (unpaired) electrons. The van der Waals surface area contributed by atoms with Gasteiger partial charge in [0.15, 0.2) is 0 Å². The Labute approximate surface area is 131 Å². The minimum absolute atomic E-state index is 0.0302. The maximum atomic E-state index is 12.2. The molecule has 0 aliphatic rings. The molecule has 20 heavy (non-hydrogen) atoms. The summed E-state index contributed by atoms with van der Waals surface area (Å²) in [5.74, 6) is -0.0356. The van der Waals surface area contributed by atoms with Crippen molar-refractivity contribution in [1.29, 1.82) is 0 Å². The molecule has 0 fully saturated rings.